The summed E-state index contributed by atoms with van der Waals surface area (Å²) in [5.74, 6) is 0. The fourth-order valence-electron chi connectivity index (χ4n) is 1.49. The average Bonchev–Trinajstić information content (AvgIpc) is 2.68. The second-order valence-electron chi connectivity index (χ2n) is 3.36. The van der Waals surface area contributed by atoms with E-state index < -0.39 is 0 Å². The zero-order valence-electron chi connectivity index (χ0n) is 8.72. The van der Waals surface area contributed by atoms with E-state index in [1.54, 1.807) is 0 Å². The Morgan fingerprint density at radius 3 is 3.07 bits per heavy atom. The van der Waals surface area contributed by atoms with Crippen molar-refractivity contribution < 1.29 is 0 Å². The number of pyridine rings is 1. The summed E-state index contributed by atoms with van der Waals surface area (Å²) in [7, 11) is 1.93. The van der Waals surface area contributed by atoms with Gasteiger partial charge in [-0.3, -0.25) is 4.98 Å². The Hall–Kier alpha value is -1.68. The lowest BCUT2D eigenvalue weighted by molar-refractivity contribution is 0.683. The predicted octanol–water partition coefficient (Wildman–Crippen LogP) is 1.05. The lowest BCUT2D eigenvalue weighted by atomic mass is 10.3. The number of hydrogen-bond acceptors (Lipinski definition) is 3. The van der Waals surface area contributed by atoms with Crippen LogP contribution in [-0.4, -0.2) is 21.6 Å². The first-order valence-corrected chi connectivity index (χ1v) is 4.93. The van der Waals surface area contributed by atoms with Crippen molar-refractivity contribution in [1.82, 2.24) is 19.9 Å². The summed E-state index contributed by atoms with van der Waals surface area (Å²) < 4.78 is 2.10. The number of nitrogens with zero attached hydrogens (tertiary/aromatic N) is 3. The molecule has 78 valence electrons. The quantitative estimate of drug-likeness (QED) is 0.805. The molecular formula is C11H14N4. The summed E-state index contributed by atoms with van der Waals surface area (Å²) in [6.45, 7) is 1.60. The summed E-state index contributed by atoms with van der Waals surface area (Å²) in [4.78, 5) is 8.42. The number of nitrogens with one attached hydrogen (secondary N) is 1. The SMILES string of the molecule is CNCc1cncn1Cc1ccccn1. The molecule has 0 amide bonds. The van der Waals surface area contributed by atoms with Crippen LogP contribution >= 0.6 is 0 Å². The highest BCUT2D eigenvalue weighted by Gasteiger charge is 2.01. The molecule has 0 bridgehead atoms. The van der Waals surface area contributed by atoms with Gasteiger partial charge >= 0.3 is 0 Å². The van der Waals surface area contributed by atoms with Crippen LogP contribution in [0.2, 0.25) is 0 Å². The molecule has 0 saturated heterocycles. The summed E-state index contributed by atoms with van der Waals surface area (Å²) in [5.41, 5.74) is 2.22. The van der Waals surface area contributed by atoms with Crippen molar-refractivity contribution in [2.24, 2.45) is 0 Å². The van der Waals surface area contributed by atoms with Crippen molar-refractivity contribution in [1.29, 1.82) is 0 Å². The maximum Gasteiger partial charge on any atom is 0.0952 e. The maximum atomic E-state index is 4.29. The van der Waals surface area contributed by atoms with Gasteiger partial charge in [0.15, 0.2) is 0 Å². The van der Waals surface area contributed by atoms with Gasteiger partial charge in [-0.1, -0.05) is 6.07 Å². The molecule has 0 aliphatic carbocycles. The third kappa shape index (κ3) is 2.41. The molecule has 0 spiro atoms. The number of rotatable bonds is 4. The van der Waals surface area contributed by atoms with Crippen LogP contribution in [0, 0.1) is 0 Å². The Bertz CT molecular complexity index is 408. The molecule has 0 radical (unpaired) electrons. The molecule has 0 saturated carbocycles. The molecule has 4 nitrogen and oxygen atoms in total. The molecule has 0 atom stereocenters. The minimum absolute atomic E-state index is 0.776. The fraction of sp³-hybridized carbons (Fsp3) is 0.273. The van der Waals surface area contributed by atoms with Crippen LogP contribution < -0.4 is 5.32 Å². The zero-order valence-corrected chi connectivity index (χ0v) is 8.72. The Morgan fingerprint density at radius 2 is 2.33 bits per heavy atom. The standard InChI is InChI=1S/C11H14N4/c1-12-6-11-7-13-9-15(11)8-10-4-2-3-5-14-10/h2-5,7,9,12H,6,8H2,1H3. The Morgan fingerprint density at radius 1 is 1.40 bits per heavy atom. The molecule has 2 aromatic rings. The molecule has 0 unspecified atom stereocenters. The van der Waals surface area contributed by atoms with Gasteiger partial charge in [-0.15, -0.1) is 0 Å². The van der Waals surface area contributed by atoms with Gasteiger partial charge < -0.3 is 9.88 Å². The second kappa shape index (κ2) is 4.70. The van der Waals surface area contributed by atoms with Crippen molar-refractivity contribution in [3.05, 3.63) is 48.3 Å². The van der Waals surface area contributed by atoms with E-state index in [-0.39, 0.29) is 0 Å². The topological polar surface area (TPSA) is 42.7 Å². The molecule has 2 heterocycles. The molecule has 0 aliphatic rings. The summed E-state index contributed by atoms with van der Waals surface area (Å²) in [6.07, 6.45) is 5.52. The molecule has 15 heavy (non-hydrogen) atoms. The minimum atomic E-state index is 0.776. The molecule has 0 fully saturated rings. The van der Waals surface area contributed by atoms with Gasteiger partial charge in [0.2, 0.25) is 0 Å². The van der Waals surface area contributed by atoms with Gasteiger partial charge in [-0.05, 0) is 19.2 Å². The smallest absolute Gasteiger partial charge is 0.0952 e. The summed E-state index contributed by atoms with van der Waals surface area (Å²) in [6, 6.07) is 5.94. The lowest BCUT2D eigenvalue weighted by Crippen LogP contribution is -2.11. The molecular weight excluding hydrogens is 188 g/mol. The van der Waals surface area contributed by atoms with Gasteiger partial charge in [0.1, 0.15) is 0 Å². The van der Waals surface area contributed by atoms with Crippen molar-refractivity contribution in [3.8, 4) is 0 Å². The summed E-state index contributed by atoms with van der Waals surface area (Å²) in [5, 5.41) is 3.12. The number of hydrogen-bond donors (Lipinski definition) is 1. The van der Waals surface area contributed by atoms with Gasteiger partial charge in [0, 0.05) is 18.9 Å². The lowest BCUT2D eigenvalue weighted by Gasteiger charge is -2.06. The van der Waals surface area contributed by atoms with E-state index in [4.69, 9.17) is 0 Å². The van der Waals surface area contributed by atoms with Crippen molar-refractivity contribution in [2.45, 2.75) is 13.1 Å². The van der Waals surface area contributed by atoms with Crippen LogP contribution in [0.4, 0.5) is 0 Å². The van der Waals surface area contributed by atoms with E-state index in [0.717, 1.165) is 18.8 Å². The van der Waals surface area contributed by atoms with E-state index in [2.05, 4.69) is 19.9 Å². The summed E-state index contributed by atoms with van der Waals surface area (Å²) >= 11 is 0. The Kier molecular flexibility index (Phi) is 3.09. The first kappa shape index (κ1) is 9.86. The van der Waals surface area contributed by atoms with Crippen LogP contribution in [0.25, 0.3) is 0 Å². The monoisotopic (exact) mass is 202 g/mol. The number of imidazole rings is 1. The molecule has 0 aromatic carbocycles. The van der Waals surface area contributed by atoms with Crippen LogP contribution in [0.1, 0.15) is 11.4 Å². The second-order valence-corrected chi connectivity index (χ2v) is 3.36. The third-order valence-electron chi connectivity index (χ3n) is 2.21. The highest BCUT2D eigenvalue weighted by Crippen LogP contribution is 2.03. The van der Waals surface area contributed by atoms with Crippen LogP contribution in [-0.2, 0) is 13.1 Å². The fourth-order valence-corrected chi connectivity index (χ4v) is 1.49. The van der Waals surface area contributed by atoms with Gasteiger partial charge in [0.05, 0.1) is 24.3 Å². The molecule has 0 aliphatic heterocycles. The molecule has 1 N–H and O–H groups in total. The van der Waals surface area contributed by atoms with Crippen molar-refractivity contribution >= 4 is 0 Å². The predicted molar refractivity (Wildman–Crippen MR) is 58.3 cm³/mol. The first-order valence-electron chi connectivity index (χ1n) is 4.93. The zero-order chi connectivity index (χ0) is 10.5. The van der Waals surface area contributed by atoms with Gasteiger partial charge in [0.25, 0.3) is 0 Å². The van der Waals surface area contributed by atoms with Crippen molar-refractivity contribution in [2.75, 3.05) is 7.05 Å². The largest absolute Gasteiger partial charge is 0.327 e. The third-order valence-corrected chi connectivity index (χ3v) is 2.21. The van der Waals surface area contributed by atoms with E-state index in [1.165, 1.54) is 5.69 Å². The maximum absolute atomic E-state index is 4.29. The van der Waals surface area contributed by atoms with Crippen LogP contribution in [0.5, 0.6) is 0 Å². The highest BCUT2D eigenvalue weighted by atomic mass is 15.1. The van der Waals surface area contributed by atoms with Crippen LogP contribution in [0.15, 0.2) is 36.9 Å². The van der Waals surface area contributed by atoms with E-state index in [9.17, 15) is 0 Å². The Balaban J connectivity index is 2.14. The molecule has 2 rings (SSSR count). The van der Waals surface area contributed by atoms with Gasteiger partial charge in [-0.25, -0.2) is 4.98 Å². The molecule has 4 heteroatoms. The minimum Gasteiger partial charge on any atom is -0.327 e. The van der Waals surface area contributed by atoms with Gasteiger partial charge in [-0.2, -0.15) is 0 Å². The van der Waals surface area contributed by atoms with Crippen molar-refractivity contribution in [3.63, 3.8) is 0 Å². The normalized spacial score (nSPS) is 10.5. The average molecular weight is 202 g/mol. The van der Waals surface area contributed by atoms with E-state index in [1.807, 2.05) is 44.0 Å². The van der Waals surface area contributed by atoms with E-state index in [0.29, 0.717) is 0 Å². The number of aromatic nitrogens is 3. The first-order chi connectivity index (χ1) is 7.40. The highest BCUT2D eigenvalue weighted by molar-refractivity contribution is 5.07. The molecule has 2 aromatic heterocycles. The Labute approximate surface area is 89.0 Å². The van der Waals surface area contributed by atoms with Crippen LogP contribution in [0.3, 0.4) is 0 Å². The van der Waals surface area contributed by atoms with E-state index >= 15 is 0 Å².